The average Bonchev–Trinajstić information content (AvgIpc) is 2.43. The molecule has 0 spiro atoms. The van der Waals surface area contributed by atoms with Crippen molar-refractivity contribution in [2.45, 2.75) is 0 Å². The highest BCUT2D eigenvalue weighted by Gasteiger charge is 2.40. The smallest absolute Gasteiger partial charge is 0.391 e. The molecule has 2 aromatic rings. The first-order valence-electron chi connectivity index (χ1n) is 5.46. The monoisotopic (exact) mass is 243 g/mol. The zero-order valence-electron chi connectivity index (χ0n) is 10.0. The second-order valence-corrected chi connectivity index (χ2v) is 6.88. The molecule has 2 nitrogen and oxygen atoms in total. The van der Waals surface area contributed by atoms with E-state index in [9.17, 15) is 0 Å². The van der Waals surface area contributed by atoms with Gasteiger partial charge in [-0.25, -0.2) is 0 Å². The second-order valence-electron chi connectivity index (χ2n) is 3.68. The molecule has 3 heteroatoms. The fraction of sp³-hybridized carbons (Fsp3) is 0.143. The molecule has 0 saturated carbocycles. The molecule has 0 aromatic heterocycles. The molecule has 2 rings (SSSR count). The Kier molecular flexibility index (Phi) is 3.74. The van der Waals surface area contributed by atoms with E-state index < -0.39 is 8.56 Å². The van der Waals surface area contributed by atoms with Crippen LogP contribution in [-0.4, -0.2) is 22.8 Å². The first-order valence-corrected chi connectivity index (χ1v) is 7.27. The molecule has 0 aliphatic heterocycles. The largest absolute Gasteiger partial charge is 0.406 e. The SMILES string of the molecule is CO[Si](OC)(c1cc[c]cc1)c1ccccc1. The lowest BCUT2D eigenvalue weighted by Gasteiger charge is -2.27. The maximum atomic E-state index is 5.76. The molecular formula is C14H15O2Si. The fourth-order valence-corrected chi connectivity index (χ4v) is 4.66. The quantitative estimate of drug-likeness (QED) is 0.754. The van der Waals surface area contributed by atoms with E-state index in [4.69, 9.17) is 8.85 Å². The molecule has 87 valence electrons. The third-order valence-electron chi connectivity index (χ3n) is 2.83. The minimum absolute atomic E-state index is 1.09. The normalized spacial score (nSPS) is 11.4. The Bertz CT molecular complexity index is 411. The molecule has 0 atom stereocenters. The predicted molar refractivity (Wildman–Crippen MR) is 70.8 cm³/mol. The number of hydrogen-bond acceptors (Lipinski definition) is 2. The van der Waals surface area contributed by atoms with Gasteiger partial charge in [0.2, 0.25) is 0 Å². The summed E-state index contributed by atoms with van der Waals surface area (Å²) in [5.41, 5.74) is 0. The Balaban J connectivity index is 2.54. The topological polar surface area (TPSA) is 18.5 Å². The van der Waals surface area contributed by atoms with Crippen molar-refractivity contribution in [3.8, 4) is 0 Å². The lowest BCUT2D eigenvalue weighted by atomic mass is 10.4. The first kappa shape index (κ1) is 12.0. The van der Waals surface area contributed by atoms with Crippen molar-refractivity contribution in [1.82, 2.24) is 0 Å². The zero-order valence-corrected chi connectivity index (χ0v) is 11.0. The highest BCUT2D eigenvalue weighted by molar-refractivity contribution is 6.92. The van der Waals surface area contributed by atoms with Gasteiger partial charge >= 0.3 is 8.56 Å². The summed E-state index contributed by atoms with van der Waals surface area (Å²) in [6.07, 6.45) is 0. The molecule has 0 heterocycles. The summed E-state index contributed by atoms with van der Waals surface area (Å²) in [6, 6.07) is 20.9. The van der Waals surface area contributed by atoms with Gasteiger partial charge in [0.15, 0.2) is 0 Å². The van der Waals surface area contributed by atoms with Gasteiger partial charge in [-0.1, -0.05) is 54.6 Å². The van der Waals surface area contributed by atoms with Gasteiger partial charge in [0, 0.05) is 14.2 Å². The molecule has 0 unspecified atom stereocenters. The van der Waals surface area contributed by atoms with E-state index in [0.29, 0.717) is 0 Å². The maximum absolute atomic E-state index is 5.76. The van der Waals surface area contributed by atoms with Crippen LogP contribution in [0.25, 0.3) is 0 Å². The molecule has 2 aromatic carbocycles. The van der Waals surface area contributed by atoms with Crippen molar-refractivity contribution in [3.05, 3.63) is 60.7 Å². The van der Waals surface area contributed by atoms with E-state index in [2.05, 4.69) is 18.2 Å². The van der Waals surface area contributed by atoms with Gasteiger partial charge in [0.05, 0.1) is 0 Å². The van der Waals surface area contributed by atoms with Gasteiger partial charge in [-0.05, 0) is 16.4 Å². The number of hydrogen-bond donors (Lipinski definition) is 0. The Morgan fingerprint density at radius 2 is 1.35 bits per heavy atom. The molecule has 17 heavy (non-hydrogen) atoms. The molecule has 1 radical (unpaired) electrons. The third kappa shape index (κ3) is 2.17. The molecule has 0 aliphatic rings. The van der Waals surface area contributed by atoms with Gasteiger partial charge in [0.25, 0.3) is 0 Å². The molecule has 0 aliphatic carbocycles. The predicted octanol–water partition coefficient (Wildman–Crippen LogP) is 1.34. The Morgan fingerprint density at radius 3 is 1.88 bits per heavy atom. The molecule has 0 fully saturated rings. The van der Waals surface area contributed by atoms with Crippen LogP contribution in [0.15, 0.2) is 54.6 Å². The first-order chi connectivity index (χ1) is 8.33. The van der Waals surface area contributed by atoms with Gasteiger partial charge in [-0.2, -0.15) is 0 Å². The highest BCUT2D eigenvalue weighted by atomic mass is 28.4. The minimum atomic E-state index is -2.52. The standard InChI is InChI=1S/C14H15O2Si/c1-15-17(16-2,13-9-5-3-6-10-13)14-11-7-4-8-12-14/h3,5-12H,1-2H3. The van der Waals surface area contributed by atoms with Gasteiger partial charge in [-0.15, -0.1) is 0 Å². The third-order valence-corrected chi connectivity index (χ3v) is 6.16. The summed E-state index contributed by atoms with van der Waals surface area (Å²) in [5, 5.41) is 2.20. The lowest BCUT2D eigenvalue weighted by Crippen LogP contribution is -2.62. The second kappa shape index (κ2) is 5.27. The van der Waals surface area contributed by atoms with Crippen LogP contribution in [-0.2, 0) is 8.85 Å². The summed E-state index contributed by atoms with van der Waals surface area (Å²) in [6.45, 7) is 0. The van der Waals surface area contributed by atoms with E-state index >= 15 is 0 Å². The van der Waals surface area contributed by atoms with E-state index in [1.165, 1.54) is 0 Å². The van der Waals surface area contributed by atoms with Crippen molar-refractivity contribution < 1.29 is 8.85 Å². The van der Waals surface area contributed by atoms with Crippen LogP contribution in [0.3, 0.4) is 0 Å². The average molecular weight is 243 g/mol. The van der Waals surface area contributed by atoms with Crippen molar-refractivity contribution in [2.75, 3.05) is 14.2 Å². The van der Waals surface area contributed by atoms with Crippen molar-refractivity contribution >= 4 is 18.9 Å². The summed E-state index contributed by atoms with van der Waals surface area (Å²) >= 11 is 0. The van der Waals surface area contributed by atoms with E-state index in [1.807, 2.05) is 42.5 Å². The minimum Gasteiger partial charge on any atom is -0.391 e. The van der Waals surface area contributed by atoms with E-state index in [-0.39, 0.29) is 0 Å². The van der Waals surface area contributed by atoms with Crippen LogP contribution in [0, 0.1) is 6.07 Å². The summed E-state index contributed by atoms with van der Waals surface area (Å²) < 4.78 is 11.5. The van der Waals surface area contributed by atoms with E-state index in [1.54, 1.807) is 14.2 Å². The van der Waals surface area contributed by atoms with Crippen LogP contribution < -0.4 is 10.4 Å². The maximum Gasteiger partial charge on any atom is 0.406 e. The van der Waals surface area contributed by atoms with Crippen LogP contribution in [0.2, 0.25) is 0 Å². The van der Waals surface area contributed by atoms with Crippen LogP contribution in [0.4, 0.5) is 0 Å². The van der Waals surface area contributed by atoms with E-state index in [0.717, 1.165) is 10.4 Å². The van der Waals surface area contributed by atoms with Crippen LogP contribution >= 0.6 is 0 Å². The van der Waals surface area contributed by atoms with Gasteiger partial charge in [-0.3, -0.25) is 0 Å². The van der Waals surface area contributed by atoms with Gasteiger partial charge < -0.3 is 8.85 Å². The van der Waals surface area contributed by atoms with Crippen molar-refractivity contribution in [3.63, 3.8) is 0 Å². The molecule has 0 N–H and O–H groups in total. The van der Waals surface area contributed by atoms with Gasteiger partial charge in [0.1, 0.15) is 0 Å². The molecule has 0 bridgehead atoms. The van der Waals surface area contributed by atoms with Crippen LogP contribution in [0.5, 0.6) is 0 Å². The molecular weight excluding hydrogens is 228 g/mol. The van der Waals surface area contributed by atoms with Crippen molar-refractivity contribution in [2.24, 2.45) is 0 Å². The van der Waals surface area contributed by atoms with Crippen LogP contribution in [0.1, 0.15) is 0 Å². The fourth-order valence-electron chi connectivity index (χ4n) is 1.99. The summed E-state index contributed by atoms with van der Waals surface area (Å²) in [5.74, 6) is 0. The Morgan fingerprint density at radius 1 is 0.824 bits per heavy atom. The summed E-state index contributed by atoms with van der Waals surface area (Å²) in [4.78, 5) is 0. The zero-order chi connectivity index (χ0) is 12.1. The molecule has 0 amide bonds. The highest BCUT2D eigenvalue weighted by Crippen LogP contribution is 2.06. The number of rotatable bonds is 4. The Hall–Kier alpha value is -1.42. The van der Waals surface area contributed by atoms with Crippen molar-refractivity contribution in [1.29, 1.82) is 0 Å². The Labute approximate surface area is 103 Å². The molecule has 0 saturated heterocycles. The summed E-state index contributed by atoms with van der Waals surface area (Å²) in [7, 11) is 0.900. The lowest BCUT2D eigenvalue weighted by molar-refractivity contribution is 0.272. The number of benzene rings is 2.